The standard InChI is InChI=1S/C22H30FN5O4S/c1-4-33(30,31)28-11-10-27(19(14-28)15-32-3)13-17-6-5-7-20(21(17)23)26-22(29)25-18-9-8-16(2)24-12-18/h5-9,12,19H,4,10-11,13-15H2,1-3H3,(H2,25,26,29)/t19-/m1/s1. The van der Waals surface area contributed by atoms with Gasteiger partial charge in [-0.15, -0.1) is 0 Å². The maximum Gasteiger partial charge on any atom is 0.323 e. The number of aryl methyl sites for hydroxylation is 1. The van der Waals surface area contributed by atoms with Crippen LogP contribution in [-0.2, 0) is 21.3 Å². The van der Waals surface area contributed by atoms with Crippen LogP contribution in [0.2, 0.25) is 0 Å². The van der Waals surface area contributed by atoms with E-state index >= 15 is 4.39 Å². The van der Waals surface area contributed by atoms with E-state index in [1.54, 1.807) is 38.3 Å². The summed E-state index contributed by atoms with van der Waals surface area (Å²) in [7, 11) is -1.75. The number of urea groups is 1. The van der Waals surface area contributed by atoms with Gasteiger partial charge in [-0.1, -0.05) is 12.1 Å². The van der Waals surface area contributed by atoms with E-state index in [1.807, 2.05) is 11.8 Å². The molecule has 180 valence electrons. The van der Waals surface area contributed by atoms with Crippen molar-refractivity contribution in [3.8, 4) is 0 Å². The van der Waals surface area contributed by atoms with Crippen LogP contribution in [0.4, 0.5) is 20.6 Å². The topological polar surface area (TPSA) is 104 Å². The number of piperazine rings is 1. The van der Waals surface area contributed by atoms with Gasteiger partial charge in [0.1, 0.15) is 0 Å². The third kappa shape index (κ3) is 6.47. The molecule has 9 nitrogen and oxygen atoms in total. The number of pyridine rings is 1. The number of halogens is 1. The van der Waals surface area contributed by atoms with Crippen LogP contribution in [0.3, 0.4) is 0 Å². The molecule has 1 aliphatic heterocycles. The average Bonchev–Trinajstić information content (AvgIpc) is 2.79. The van der Waals surface area contributed by atoms with Crippen LogP contribution < -0.4 is 10.6 Å². The summed E-state index contributed by atoms with van der Waals surface area (Å²) in [5.74, 6) is -0.495. The van der Waals surface area contributed by atoms with Crippen LogP contribution >= 0.6 is 0 Å². The Kier molecular flexibility index (Phi) is 8.35. The van der Waals surface area contributed by atoms with E-state index in [0.29, 0.717) is 30.9 Å². The van der Waals surface area contributed by atoms with Crippen LogP contribution in [0.1, 0.15) is 18.2 Å². The highest BCUT2D eigenvalue weighted by Gasteiger charge is 2.33. The highest BCUT2D eigenvalue weighted by Crippen LogP contribution is 2.23. The van der Waals surface area contributed by atoms with Crippen molar-refractivity contribution in [1.29, 1.82) is 0 Å². The summed E-state index contributed by atoms with van der Waals surface area (Å²) < 4.78 is 46.5. The largest absolute Gasteiger partial charge is 0.383 e. The monoisotopic (exact) mass is 479 g/mol. The van der Waals surface area contributed by atoms with Gasteiger partial charge < -0.3 is 15.4 Å². The molecule has 3 rings (SSSR count). The molecule has 1 aromatic heterocycles. The van der Waals surface area contributed by atoms with Gasteiger partial charge in [-0.05, 0) is 32.0 Å². The van der Waals surface area contributed by atoms with E-state index in [9.17, 15) is 13.2 Å². The van der Waals surface area contributed by atoms with E-state index < -0.39 is 21.9 Å². The minimum Gasteiger partial charge on any atom is -0.383 e. The van der Waals surface area contributed by atoms with Crippen LogP contribution in [0.5, 0.6) is 0 Å². The molecule has 2 heterocycles. The number of hydrogen-bond donors (Lipinski definition) is 2. The Labute approximate surface area is 194 Å². The van der Waals surface area contributed by atoms with Gasteiger partial charge in [-0.3, -0.25) is 9.88 Å². The molecule has 2 amide bonds. The Hall–Kier alpha value is -2.60. The van der Waals surface area contributed by atoms with E-state index in [-0.39, 0.29) is 30.6 Å². The number of nitrogens with zero attached hydrogens (tertiary/aromatic N) is 3. The van der Waals surface area contributed by atoms with Gasteiger partial charge in [0.25, 0.3) is 0 Å². The van der Waals surface area contributed by atoms with Crippen LogP contribution in [0.25, 0.3) is 0 Å². The molecule has 1 atom stereocenters. The minimum absolute atomic E-state index is 0.0375. The van der Waals surface area contributed by atoms with Crippen molar-refractivity contribution in [3.63, 3.8) is 0 Å². The second kappa shape index (κ2) is 11.0. The van der Waals surface area contributed by atoms with Gasteiger partial charge in [-0.25, -0.2) is 17.6 Å². The number of aromatic nitrogens is 1. The average molecular weight is 480 g/mol. The van der Waals surface area contributed by atoms with Crippen molar-refractivity contribution in [1.82, 2.24) is 14.2 Å². The van der Waals surface area contributed by atoms with E-state index in [4.69, 9.17) is 4.74 Å². The van der Waals surface area contributed by atoms with Crippen molar-refractivity contribution in [2.75, 3.05) is 49.7 Å². The highest BCUT2D eigenvalue weighted by atomic mass is 32.2. The molecule has 0 radical (unpaired) electrons. The number of carbonyl (C=O) groups is 1. The molecule has 0 bridgehead atoms. The first-order chi connectivity index (χ1) is 15.7. The molecular weight excluding hydrogens is 449 g/mol. The summed E-state index contributed by atoms with van der Waals surface area (Å²) in [4.78, 5) is 18.4. The number of sulfonamides is 1. The van der Waals surface area contributed by atoms with Gasteiger partial charge in [0.05, 0.1) is 29.9 Å². The van der Waals surface area contributed by atoms with Crippen LogP contribution in [0.15, 0.2) is 36.5 Å². The summed E-state index contributed by atoms with van der Waals surface area (Å²) in [6.07, 6.45) is 1.52. The zero-order valence-electron chi connectivity index (χ0n) is 19.0. The predicted octanol–water partition coefficient (Wildman–Crippen LogP) is 2.66. The van der Waals surface area contributed by atoms with Gasteiger partial charge in [0.2, 0.25) is 10.0 Å². The Morgan fingerprint density at radius 2 is 2.03 bits per heavy atom. The van der Waals surface area contributed by atoms with E-state index in [2.05, 4.69) is 15.6 Å². The normalized spacial score (nSPS) is 17.6. The maximum atomic E-state index is 15.2. The number of amides is 2. The van der Waals surface area contributed by atoms with E-state index in [0.717, 1.165) is 5.69 Å². The van der Waals surface area contributed by atoms with Gasteiger partial charge in [0.15, 0.2) is 5.82 Å². The first-order valence-electron chi connectivity index (χ1n) is 10.7. The fourth-order valence-corrected chi connectivity index (χ4v) is 4.83. The SMILES string of the molecule is CCS(=O)(=O)N1CCN(Cc2cccc(NC(=O)Nc3ccc(C)nc3)c2F)[C@@H](COC)C1. The molecule has 1 aliphatic rings. The third-order valence-electron chi connectivity index (χ3n) is 5.55. The molecule has 2 N–H and O–H groups in total. The number of carbonyl (C=O) groups excluding carboxylic acids is 1. The lowest BCUT2D eigenvalue weighted by atomic mass is 10.1. The highest BCUT2D eigenvalue weighted by molar-refractivity contribution is 7.89. The first-order valence-corrected chi connectivity index (χ1v) is 12.3. The number of rotatable bonds is 8. The van der Waals surface area contributed by atoms with Crippen molar-refractivity contribution >= 4 is 27.4 Å². The fraction of sp³-hybridized carbons (Fsp3) is 0.455. The summed E-state index contributed by atoms with van der Waals surface area (Å²) in [6.45, 7) is 5.11. The molecule has 11 heteroatoms. The predicted molar refractivity (Wildman–Crippen MR) is 125 cm³/mol. The maximum absolute atomic E-state index is 15.2. The lowest BCUT2D eigenvalue weighted by Crippen LogP contribution is -2.56. The van der Waals surface area contributed by atoms with Gasteiger partial charge in [0, 0.05) is 50.6 Å². The Bertz CT molecular complexity index is 1060. The minimum atomic E-state index is -3.31. The number of hydrogen-bond acceptors (Lipinski definition) is 6. The van der Waals surface area contributed by atoms with Gasteiger partial charge in [-0.2, -0.15) is 4.31 Å². The smallest absolute Gasteiger partial charge is 0.323 e. The second-order valence-corrected chi connectivity index (χ2v) is 10.1. The summed E-state index contributed by atoms with van der Waals surface area (Å²) in [6, 6.07) is 7.50. The number of anilines is 2. The quantitative estimate of drug-likeness (QED) is 0.603. The lowest BCUT2D eigenvalue weighted by Gasteiger charge is -2.40. The number of benzene rings is 1. The summed E-state index contributed by atoms with van der Waals surface area (Å²) >= 11 is 0. The molecule has 0 unspecified atom stereocenters. The Morgan fingerprint density at radius 3 is 2.70 bits per heavy atom. The molecule has 2 aromatic rings. The molecule has 33 heavy (non-hydrogen) atoms. The molecule has 0 aliphatic carbocycles. The Morgan fingerprint density at radius 1 is 1.24 bits per heavy atom. The van der Waals surface area contributed by atoms with Crippen molar-refractivity contribution < 1.29 is 22.3 Å². The second-order valence-electron chi connectivity index (χ2n) is 7.88. The van der Waals surface area contributed by atoms with Gasteiger partial charge >= 0.3 is 6.03 Å². The van der Waals surface area contributed by atoms with E-state index in [1.165, 1.54) is 16.6 Å². The van der Waals surface area contributed by atoms with Crippen LogP contribution in [-0.4, -0.2) is 73.8 Å². The zero-order chi connectivity index (χ0) is 24.0. The molecule has 0 spiro atoms. The zero-order valence-corrected chi connectivity index (χ0v) is 19.9. The lowest BCUT2D eigenvalue weighted by molar-refractivity contribution is 0.0451. The molecule has 0 saturated carbocycles. The Balaban J connectivity index is 1.69. The molecule has 1 fully saturated rings. The summed E-state index contributed by atoms with van der Waals surface area (Å²) in [5, 5.41) is 5.16. The number of nitrogens with one attached hydrogen (secondary N) is 2. The number of methoxy groups -OCH3 is 1. The fourth-order valence-electron chi connectivity index (χ4n) is 3.70. The molecular formula is C22H30FN5O4S. The van der Waals surface area contributed by atoms with Crippen molar-refractivity contribution in [2.24, 2.45) is 0 Å². The molecule has 1 aromatic carbocycles. The van der Waals surface area contributed by atoms with Crippen molar-refractivity contribution in [3.05, 3.63) is 53.6 Å². The first kappa shape index (κ1) is 25.0. The van der Waals surface area contributed by atoms with Crippen LogP contribution in [0, 0.1) is 12.7 Å². The third-order valence-corrected chi connectivity index (χ3v) is 7.40. The molecule has 1 saturated heterocycles. The number of ether oxygens (including phenoxy) is 1. The van der Waals surface area contributed by atoms with Crippen molar-refractivity contribution in [2.45, 2.75) is 26.4 Å². The summed E-state index contributed by atoms with van der Waals surface area (Å²) in [5.41, 5.74) is 1.77.